The Morgan fingerprint density at radius 3 is 2.85 bits per heavy atom. The van der Waals surface area contributed by atoms with Crippen LogP contribution in [-0.2, 0) is 18.0 Å². The van der Waals surface area contributed by atoms with Crippen LogP contribution in [-0.4, -0.2) is 6.54 Å². The van der Waals surface area contributed by atoms with Crippen molar-refractivity contribution in [3.63, 3.8) is 0 Å². The highest BCUT2D eigenvalue weighted by Crippen LogP contribution is 2.31. The second-order valence-corrected chi connectivity index (χ2v) is 7.38. The zero-order chi connectivity index (χ0) is 13.9. The van der Waals surface area contributed by atoms with Gasteiger partial charge in [-0.3, -0.25) is 0 Å². The van der Waals surface area contributed by atoms with Gasteiger partial charge in [0, 0.05) is 0 Å². The Bertz CT molecular complexity index is 596. The van der Waals surface area contributed by atoms with Crippen molar-refractivity contribution >= 4 is 27.3 Å². The lowest BCUT2D eigenvalue weighted by Gasteiger charge is -2.19. The van der Waals surface area contributed by atoms with Crippen LogP contribution in [0.25, 0.3) is 0 Å². The molecule has 1 aromatic carbocycles. The maximum atomic E-state index is 5.51. The highest BCUT2D eigenvalue weighted by atomic mass is 79.9. The quantitative estimate of drug-likeness (QED) is 0.847. The second-order valence-electron chi connectivity index (χ2n) is 5.09. The average molecular weight is 352 g/mol. The van der Waals surface area contributed by atoms with Crippen LogP contribution >= 0.6 is 27.3 Å². The molecular formula is C16H18BrNOS. The van der Waals surface area contributed by atoms with Crippen molar-refractivity contribution in [2.45, 2.75) is 32.6 Å². The molecule has 0 amide bonds. The van der Waals surface area contributed by atoms with E-state index in [4.69, 9.17) is 4.74 Å². The number of fused-ring (bicyclic) bond motifs is 1. The molecule has 0 fully saturated rings. The Hall–Kier alpha value is -0.680. The molecule has 1 N–H and O–H groups in total. The van der Waals surface area contributed by atoms with Crippen LogP contribution in [0.15, 0.2) is 33.4 Å². The second kappa shape index (κ2) is 6.39. The number of thiophene rings is 1. The monoisotopic (exact) mass is 351 g/mol. The van der Waals surface area contributed by atoms with Gasteiger partial charge >= 0.3 is 0 Å². The first kappa shape index (κ1) is 14.3. The first-order valence-corrected chi connectivity index (χ1v) is 8.62. The standard InChI is InChI=1S/C16H18BrNOS/c1-2-5-18-16(14-7-15(17)20-10-14)11-3-4-12-8-19-9-13(12)6-11/h3-4,6-7,10,16,18H,2,5,8-9H2,1H3. The normalized spacial score (nSPS) is 15.3. The van der Waals surface area contributed by atoms with Gasteiger partial charge in [-0.25, -0.2) is 0 Å². The summed E-state index contributed by atoms with van der Waals surface area (Å²) < 4.78 is 6.70. The third-order valence-electron chi connectivity index (χ3n) is 3.60. The molecule has 0 saturated carbocycles. The predicted octanol–water partition coefficient (Wildman–Crippen LogP) is 4.63. The van der Waals surface area contributed by atoms with Crippen molar-refractivity contribution in [3.8, 4) is 0 Å². The number of halogens is 1. The number of ether oxygens (including phenoxy) is 1. The highest BCUT2D eigenvalue weighted by Gasteiger charge is 2.18. The molecule has 0 aliphatic carbocycles. The number of hydrogen-bond acceptors (Lipinski definition) is 3. The largest absolute Gasteiger partial charge is 0.372 e. The predicted molar refractivity (Wildman–Crippen MR) is 87.1 cm³/mol. The molecule has 1 atom stereocenters. The third kappa shape index (κ3) is 2.98. The molecular weight excluding hydrogens is 334 g/mol. The number of hydrogen-bond donors (Lipinski definition) is 1. The summed E-state index contributed by atoms with van der Waals surface area (Å²) in [5.41, 5.74) is 5.32. The van der Waals surface area contributed by atoms with Crippen LogP contribution in [0.5, 0.6) is 0 Å². The number of rotatable bonds is 5. The molecule has 20 heavy (non-hydrogen) atoms. The molecule has 1 unspecified atom stereocenters. The molecule has 2 aromatic rings. The van der Waals surface area contributed by atoms with Gasteiger partial charge in [0.2, 0.25) is 0 Å². The first-order valence-electron chi connectivity index (χ1n) is 6.94. The zero-order valence-corrected chi connectivity index (χ0v) is 13.9. The summed E-state index contributed by atoms with van der Waals surface area (Å²) in [5, 5.41) is 5.87. The highest BCUT2D eigenvalue weighted by molar-refractivity contribution is 9.11. The summed E-state index contributed by atoms with van der Waals surface area (Å²) in [5.74, 6) is 0. The molecule has 0 bridgehead atoms. The molecule has 0 saturated heterocycles. The zero-order valence-electron chi connectivity index (χ0n) is 11.5. The van der Waals surface area contributed by atoms with Crippen molar-refractivity contribution in [3.05, 3.63) is 55.7 Å². The molecule has 0 spiro atoms. The fraction of sp³-hybridized carbons (Fsp3) is 0.375. The van der Waals surface area contributed by atoms with E-state index >= 15 is 0 Å². The average Bonchev–Trinajstić information content (AvgIpc) is 3.07. The Morgan fingerprint density at radius 2 is 2.10 bits per heavy atom. The van der Waals surface area contributed by atoms with Gasteiger partial charge in [0.25, 0.3) is 0 Å². The minimum atomic E-state index is 0.267. The van der Waals surface area contributed by atoms with Crippen LogP contribution in [0.3, 0.4) is 0 Å². The van der Waals surface area contributed by atoms with Gasteiger partial charge in [0.15, 0.2) is 0 Å². The Morgan fingerprint density at radius 1 is 1.25 bits per heavy atom. The van der Waals surface area contributed by atoms with Gasteiger partial charge in [0.05, 0.1) is 23.0 Å². The fourth-order valence-corrected chi connectivity index (χ4v) is 3.76. The lowest BCUT2D eigenvalue weighted by Crippen LogP contribution is -2.22. The molecule has 1 aromatic heterocycles. The van der Waals surface area contributed by atoms with E-state index in [-0.39, 0.29) is 6.04 Å². The first-order chi connectivity index (χ1) is 9.78. The van der Waals surface area contributed by atoms with E-state index in [2.05, 4.69) is 57.8 Å². The summed E-state index contributed by atoms with van der Waals surface area (Å²) in [6.07, 6.45) is 1.13. The summed E-state index contributed by atoms with van der Waals surface area (Å²) in [6, 6.07) is 9.21. The van der Waals surface area contributed by atoms with E-state index in [1.807, 2.05) is 0 Å². The lowest BCUT2D eigenvalue weighted by atomic mass is 9.97. The van der Waals surface area contributed by atoms with E-state index in [0.717, 1.165) is 26.2 Å². The molecule has 1 aliphatic rings. The maximum Gasteiger partial charge on any atom is 0.0725 e. The molecule has 3 rings (SSSR count). The SMILES string of the molecule is CCCNC(c1csc(Br)c1)c1ccc2c(c1)COC2. The van der Waals surface area contributed by atoms with Gasteiger partial charge in [-0.1, -0.05) is 25.1 Å². The molecule has 2 heterocycles. The minimum absolute atomic E-state index is 0.267. The summed E-state index contributed by atoms with van der Waals surface area (Å²) in [4.78, 5) is 0. The van der Waals surface area contributed by atoms with E-state index in [0.29, 0.717) is 0 Å². The van der Waals surface area contributed by atoms with E-state index in [1.165, 1.54) is 26.0 Å². The lowest BCUT2D eigenvalue weighted by molar-refractivity contribution is 0.134. The summed E-state index contributed by atoms with van der Waals surface area (Å²) in [7, 11) is 0. The molecule has 106 valence electrons. The minimum Gasteiger partial charge on any atom is -0.372 e. The van der Waals surface area contributed by atoms with Crippen LogP contribution in [0.4, 0.5) is 0 Å². The van der Waals surface area contributed by atoms with Crippen LogP contribution in [0.2, 0.25) is 0 Å². The van der Waals surface area contributed by atoms with Gasteiger partial charge in [-0.15, -0.1) is 11.3 Å². The van der Waals surface area contributed by atoms with Crippen LogP contribution < -0.4 is 5.32 Å². The molecule has 1 aliphatic heterocycles. The van der Waals surface area contributed by atoms with Gasteiger partial charge in [0.1, 0.15) is 0 Å². The summed E-state index contributed by atoms with van der Waals surface area (Å²) >= 11 is 5.30. The van der Waals surface area contributed by atoms with E-state index in [9.17, 15) is 0 Å². The number of nitrogens with one attached hydrogen (secondary N) is 1. The Balaban J connectivity index is 1.92. The van der Waals surface area contributed by atoms with E-state index < -0.39 is 0 Å². The molecule has 0 radical (unpaired) electrons. The maximum absolute atomic E-state index is 5.51. The third-order valence-corrected chi connectivity index (χ3v) is 5.12. The van der Waals surface area contributed by atoms with E-state index in [1.54, 1.807) is 11.3 Å². The topological polar surface area (TPSA) is 21.3 Å². The van der Waals surface area contributed by atoms with Crippen LogP contribution in [0.1, 0.15) is 41.6 Å². The van der Waals surface area contributed by atoms with Crippen molar-refractivity contribution in [2.24, 2.45) is 0 Å². The van der Waals surface area contributed by atoms with Gasteiger partial charge < -0.3 is 10.1 Å². The van der Waals surface area contributed by atoms with Crippen molar-refractivity contribution < 1.29 is 4.74 Å². The Kier molecular flexibility index (Phi) is 4.56. The molecule has 2 nitrogen and oxygen atoms in total. The number of benzene rings is 1. The smallest absolute Gasteiger partial charge is 0.0725 e. The summed E-state index contributed by atoms with van der Waals surface area (Å²) in [6.45, 7) is 4.72. The van der Waals surface area contributed by atoms with Gasteiger partial charge in [-0.2, -0.15) is 0 Å². The Labute approximate surface area is 132 Å². The fourth-order valence-electron chi connectivity index (χ4n) is 2.56. The molecule has 4 heteroatoms. The van der Waals surface area contributed by atoms with Crippen molar-refractivity contribution in [1.29, 1.82) is 0 Å². The van der Waals surface area contributed by atoms with Gasteiger partial charge in [-0.05, 0) is 62.6 Å². The van der Waals surface area contributed by atoms with Crippen molar-refractivity contribution in [2.75, 3.05) is 6.54 Å². The van der Waals surface area contributed by atoms with Crippen LogP contribution in [0, 0.1) is 0 Å². The van der Waals surface area contributed by atoms with Crippen molar-refractivity contribution in [1.82, 2.24) is 5.32 Å².